The minimum Gasteiger partial charge on any atom is -0.388 e. The molecule has 2 nitrogen and oxygen atoms in total. The molecule has 0 aromatic heterocycles. The SMILES string of the molecule is CSCC(C)(O)CNCCC(C)c1ccccc1. The molecular formula is C15H25NOS. The molecule has 2 N–H and O–H groups in total. The van der Waals surface area contributed by atoms with Crippen molar-refractivity contribution in [1.82, 2.24) is 5.32 Å². The number of hydrogen-bond donors (Lipinski definition) is 2. The fraction of sp³-hybridized carbons (Fsp3) is 0.600. The molecule has 0 saturated heterocycles. The second kappa shape index (κ2) is 7.82. The summed E-state index contributed by atoms with van der Waals surface area (Å²) >= 11 is 1.68. The first-order valence-electron chi connectivity index (χ1n) is 6.52. The molecule has 18 heavy (non-hydrogen) atoms. The zero-order chi connectivity index (χ0) is 13.4. The molecule has 0 spiro atoms. The quantitative estimate of drug-likeness (QED) is 0.710. The maximum Gasteiger partial charge on any atom is 0.0833 e. The Labute approximate surface area is 115 Å². The first kappa shape index (κ1) is 15.5. The molecule has 0 radical (unpaired) electrons. The van der Waals surface area contributed by atoms with Crippen LogP contribution < -0.4 is 5.32 Å². The van der Waals surface area contributed by atoms with Gasteiger partial charge in [0.25, 0.3) is 0 Å². The highest BCUT2D eigenvalue weighted by Crippen LogP contribution is 2.17. The average molecular weight is 267 g/mol. The number of nitrogens with one attached hydrogen (secondary N) is 1. The molecule has 0 aliphatic heterocycles. The smallest absolute Gasteiger partial charge is 0.0833 e. The lowest BCUT2D eigenvalue weighted by atomic mass is 9.98. The zero-order valence-electron chi connectivity index (χ0n) is 11.6. The lowest BCUT2D eigenvalue weighted by Crippen LogP contribution is -2.40. The molecule has 2 unspecified atom stereocenters. The number of rotatable bonds is 8. The Morgan fingerprint density at radius 2 is 2.00 bits per heavy atom. The molecule has 3 heteroatoms. The van der Waals surface area contributed by atoms with Gasteiger partial charge < -0.3 is 10.4 Å². The molecule has 0 saturated carbocycles. The van der Waals surface area contributed by atoms with Crippen molar-refractivity contribution >= 4 is 11.8 Å². The van der Waals surface area contributed by atoms with Gasteiger partial charge in [0.2, 0.25) is 0 Å². The normalized spacial score (nSPS) is 16.2. The van der Waals surface area contributed by atoms with Crippen LogP contribution in [0.1, 0.15) is 31.7 Å². The number of hydrogen-bond acceptors (Lipinski definition) is 3. The van der Waals surface area contributed by atoms with E-state index in [0.29, 0.717) is 12.5 Å². The Bertz CT molecular complexity index is 327. The predicted octanol–water partition coefficient (Wildman–Crippen LogP) is 2.88. The summed E-state index contributed by atoms with van der Waals surface area (Å²) < 4.78 is 0. The van der Waals surface area contributed by atoms with Gasteiger partial charge in [0.05, 0.1) is 5.60 Å². The van der Waals surface area contributed by atoms with Crippen molar-refractivity contribution in [2.75, 3.05) is 25.1 Å². The summed E-state index contributed by atoms with van der Waals surface area (Å²) in [6.07, 6.45) is 3.12. The van der Waals surface area contributed by atoms with Crippen LogP contribution in [-0.4, -0.2) is 35.8 Å². The van der Waals surface area contributed by atoms with Gasteiger partial charge in [-0.25, -0.2) is 0 Å². The van der Waals surface area contributed by atoms with E-state index in [9.17, 15) is 5.11 Å². The van der Waals surface area contributed by atoms with E-state index in [1.54, 1.807) is 11.8 Å². The number of thioether (sulfide) groups is 1. The maximum atomic E-state index is 10.0. The molecule has 1 aromatic rings. The topological polar surface area (TPSA) is 32.3 Å². The van der Waals surface area contributed by atoms with Crippen LogP contribution in [0.3, 0.4) is 0 Å². The Hall–Kier alpha value is -0.510. The first-order chi connectivity index (χ1) is 8.55. The molecular weight excluding hydrogens is 242 g/mol. The summed E-state index contributed by atoms with van der Waals surface area (Å²) in [5.74, 6) is 1.33. The van der Waals surface area contributed by atoms with Gasteiger partial charge in [0.1, 0.15) is 0 Å². The highest BCUT2D eigenvalue weighted by atomic mass is 32.2. The van der Waals surface area contributed by atoms with Crippen molar-refractivity contribution in [2.24, 2.45) is 0 Å². The summed E-state index contributed by atoms with van der Waals surface area (Å²) in [4.78, 5) is 0. The van der Waals surface area contributed by atoms with Crippen LogP contribution in [0.15, 0.2) is 30.3 Å². The van der Waals surface area contributed by atoms with Gasteiger partial charge in [-0.15, -0.1) is 0 Å². The Morgan fingerprint density at radius 3 is 2.61 bits per heavy atom. The molecule has 0 amide bonds. The maximum absolute atomic E-state index is 10.0. The standard InChI is InChI=1S/C15H25NOS/c1-13(14-7-5-4-6-8-14)9-10-16-11-15(2,17)12-18-3/h4-8,13,16-17H,9-12H2,1-3H3. The first-order valence-corrected chi connectivity index (χ1v) is 7.91. The minimum atomic E-state index is -0.602. The van der Waals surface area contributed by atoms with Gasteiger partial charge in [0.15, 0.2) is 0 Å². The van der Waals surface area contributed by atoms with Crippen molar-refractivity contribution in [3.8, 4) is 0 Å². The molecule has 0 heterocycles. The van der Waals surface area contributed by atoms with E-state index in [2.05, 4.69) is 36.5 Å². The Balaban J connectivity index is 2.22. The van der Waals surface area contributed by atoms with E-state index < -0.39 is 5.60 Å². The zero-order valence-corrected chi connectivity index (χ0v) is 12.5. The van der Waals surface area contributed by atoms with Gasteiger partial charge in [0, 0.05) is 12.3 Å². The third-order valence-electron chi connectivity index (χ3n) is 3.08. The molecule has 0 fully saturated rings. The monoisotopic (exact) mass is 267 g/mol. The van der Waals surface area contributed by atoms with Crippen molar-refractivity contribution in [1.29, 1.82) is 0 Å². The van der Waals surface area contributed by atoms with E-state index in [0.717, 1.165) is 18.7 Å². The van der Waals surface area contributed by atoms with Crippen LogP contribution >= 0.6 is 11.8 Å². The van der Waals surface area contributed by atoms with Crippen LogP contribution in [0.4, 0.5) is 0 Å². The van der Waals surface area contributed by atoms with Crippen LogP contribution in [0, 0.1) is 0 Å². The molecule has 2 atom stereocenters. The second-order valence-electron chi connectivity index (χ2n) is 5.21. The summed E-state index contributed by atoms with van der Waals surface area (Å²) in [6.45, 7) is 5.74. The average Bonchev–Trinajstić information content (AvgIpc) is 2.35. The van der Waals surface area contributed by atoms with Gasteiger partial charge in [-0.05, 0) is 37.6 Å². The fourth-order valence-corrected chi connectivity index (χ4v) is 2.71. The van der Waals surface area contributed by atoms with Crippen molar-refractivity contribution < 1.29 is 5.11 Å². The predicted molar refractivity (Wildman–Crippen MR) is 81.3 cm³/mol. The fourth-order valence-electron chi connectivity index (χ4n) is 1.99. The summed E-state index contributed by atoms with van der Waals surface area (Å²) in [7, 11) is 0. The third-order valence-corrected chi connectivity index (χ3v) is 3.99. The molecule has 102 valence electrons. The molecule has 1 aromatic carbocycles. The highest BCUT2D eigenvalue weighted by Gasteiger charge is 2.18. The highest BCUT2D eigenvalue weighted by molar-refractivity contribution is 7.98. The van der Waals surface area contributed by atoms with Gasteiger partial charge in [-0.2, -0.15) is 11.8 Å². The van der Waals surface area contributed by atoms with Crippen LogP contribution in [0.5, 0.6) is 0 Å². The van der Waals surface area contributed by atoms with Crippen LogP contribution in [-0.2, 0) is 0 Å². The molecule has 1 rings (SSSR count). The van der Waals surface area contributed by atoms with Gasteiger partial charge in [-0.3, -0.25) is 0 Å². The largest absolute Gasteiger partial charge is 0.388 e. The van der Waals surface area contributed by atoms with Crippen LogP contribution in [0.2, 0.25) is 0 Å². The van der Waals surface area contributed by atoms with Gasteiger partial charge >= 0.3 is 0 Å². The van der Waals surface area contributed by atoms with E-state index in [-0.39, 0.29) is 0 Å². The van der Waals surface area contributed by atoms with Crippen molar-refractivity contribution in [3.63, 3.8) is 0 Å². The van der Waals surface area contributed by atoms with Crippen molar-refractivity contribution in [3.05, 3.63) is 35.9 Å². The van der Waals surface area contributed by atoms with E-state index in [4.69, 9.17) is 0 Å². The van der Waals surface area contributed by atoms with E-state index >= 15 is 0 Å². The second-order valence-corrected chi connectivity index (χ2v) is 6.07. The summed E-state index contributed by atoms with van der Waals surface area (Å²) in [5.41, 5.74) is 0.783. The van der Waals surface area contributed by atoms with Crippen LogP contribution in [0.25, 0.3) is 0 Å². The molecule has 0 bridgehead atoms. The van der Waals surface area contributed by atoms with Gasteiger partial charge in [-0.1, -0.05) is 37.3 Å². The number of aliphatic hydroxyl groups is 1. The summed E-state index contributed by atoms with van der Waals surface area (Å²) in [6, 6.07) is 10.6. The van der Waals surface area contributed by atoms with E-state index in [1.165, 1.54) is 5.56 Å². The summed E-state index contributed by atoms with van der Waals surface area (Å²) in [5, 5.41) is 13.4. The lowest BCUT2D eigenvalue weighted by Gasteiger charge is -2.23. The lowest BCUT2D eigenvalue weighted by molar-refractivity contribution is 0.0849. The Kier molecular flexibility index (Phi) is 6.76. The minimum absolute atomic E-state index is 0.559. The molecule has 0 aliphatic carbocycles. The number of benzene rings is 1. The third kappa shape index (κ3) is 5.89. The van der Waals surface area contributed by atoms with Crippen molar-refractivity contribution in [2.45, 2.75) is 31.8 Å². The Morgan fingerprint density at radius 1 is 1.33 bits per heavy atom. The molecule has 0 aliphatic rings. The van der Waals surface area contributed by atoms with E-state index in [1.807, 2.05) is 19.2 Å².